The van der Waals surface area contributed by atoms with Crippen LogP contribution in [0.3, 0.4) is 0 Å². The molecule has 0 radical (unpaired) electrons. The van der Waals surface area contributed by atoms with Gasteiger partial charge in [0.2, 0.25) is 0 Å². The number of aryl methyl sites for hydroxylation is 1. The van der Waals surface area contributed by atoms with E-state index < -0.39 is 6.04 Å². The summed E-state index contributed by atoms with van der Waals surface area (Å²) < 4.78 is 26.9. The molecule has 2 rings (SSSR count). The molecule has 0 aliphatic carbocycles. The third kappa shape index (κ3) is 3.33. The van der Waals surface area contributed by atoms with E-state index in [1.807, 2.05) is 0 Å². The molecule has 5 heteroatoms. The second-order valence-corrected chi connectivity index (χ2v) is 5.10. The average molecular weight is 297 g/mol. The molecule has 0 aromatic heterocycles. The highest BCUT2D eigenvalue weighted by molar-refractivity contribution is 6.30. The number of nitrogens with two attached hydrogens (primary N) is 1. The normalized spacial score (nSPS) is 12.4. The van der Waals surface area contributed by atoms with Crippen molar-refractivity contribution in [3.8, 4) is 0 Å². The molecule has 0 spiro atoms. The Morgan fingerprint density at radius 3 is 2.60 bits per heavy atom. The second-order valence-electron chi connectivity index (χ2n) is 4.66. The number of halogens is 3. The van der Waals surface area contributed by atoms with Gasteiger partial charge in [0.1, 0.15) is 11.6 Å². The molecule has 1 atom stereocenters. The van der Waals surface area contributed by atoms with Crippen LogP contribution < -0.4 is 11.3 Å². The summed E-state index contributed by atoms with van der Waals surface area (Å²) in [5, 5.41) is 0.442. The van der Waals surface area contributed by atoms with E-state index in [-0.39, 0.29) is 11.6 Å². The number of rotatable bonds is 4. The van der Waals surface area contributed by atoms with Crippen molar-refractivity contribution in [2.45, 2.75) is 19.4 Å². The highest BCUT2D eigenvalue weighted by Gasteiger charge is 2.16. The maximum atomic E-state index is 13.9. The molecule has 0 bridgehead atoms. The maximum Gasteiger partial charge on any atom is 0.128 e. The molecule has 1 unspecified atom stereocenters. The van der Waals surface area contributed by atoms with Gasteiger partial charge < -0.3 is 0 Å². The standard InChI is InChI=1S/C15H15ClF2N2/c1-9-6-12(17)4-2-10(9)7-15(20-19)13-8-11(16)3-5-14(13)18/h2-6,8,15,20H,7,19H2,1H3. The Hall–Kier alpha value is -1.49. The summed E-state index contributed by atoms with van der Waals surface area (Å²) in [4.78, 5) is 0. The molecule has 0 aliphatic heterocycles. The monoisotopic (exact) mass is 296 g/mol. The van der Waals surface area contributed by atoms with Crippen LogP contribution in [0.5, 0.6) is 0 Å². The zero-order valence-corrected chi connectivity index (χ0v) is 11.7. The van der Waals surface area contributed by atoms with Gasteiger partial charge in [-0.1, -0.05) is 17.7 Å². The lowest BCUT2D eigenvalue weighted by molar-refractivity contribution is 0.509. The van der Waals surface area contributed by atoms with E-state index in [2.05, 4.69) is 5.43 Å². The molecule has 0 aliphatic rings. The van der Waals surface area contributed by atoms with Crippen molar-refractivity contribution < 1.29 is 8.78 Å². The third-order valence-corrected chi connectivity index (χ3v) is 3.50. The number of benzene rings is 2. The third-order valence-electron chi connectivity index (χ3n) is 3.26. The van der Waals surface area contributed by atoms with Gasteiger partial charge in [-0.3, -0.25) is 11.3 Å². The Morgan fingerprint density at radius 1 is 1.20 bits per heavy atom. The summed E-state index contributed by atoms with van der Waals surface area (Å²) in [6.07, 6.45) is 0.444. The first kappa shape index (κ1) is 14.9. The predicted molar refractivity (Wildman–Crippen MR) is 76.3 cm³/mol. The maximum absolute atomic E-state index is 13.9. The molecule has 20 heavy (non-hydrogen) atoms. The Morgan fingerprint density at radius 2 is 1.95 bits per heavy atom. The number of hydrazine groups is 1. The summed E-state index contributed by atoms with van der Waals surface area (Å²) in [5.74, 6) is 4.85. The summed E-state index contributed by atoms with van der Waals surface area (Å²) in [6, 6.07) is 8.40. The topological polar surface area (TPSA) is 38.0 Å². The zero-order chi connectivity index (χ0) is 14.7. The van der Waals surface area contributed by atoms with Gasteiger partial charge in [-0.15, -0.1) is 0 Å². The minimum Gasteiger partial charge on any atom is -0.271 e. The van der Waals surface area contributed by atoms with Crippen LogP contribution in [0.2, 0.25) is 5.02 Å². The summed E-state index contributed by atoms with van der Waals surface area (Å²) >= 11 is 5.89. The number of hydrogen-bond acceptors (Lipinski definition) is 2. The van der Waals surface area contributed by atoms with Crippen LogP contribution in [0.4, 0.5) is 8.78 Å². The van der Waals surface area contributed by atoms with Gasteiger partial charge in [-0.2, -0.15) is 0 Å². The van der Waals surface area contributed by atoms with E-state index in [0.717, 1.165) is 11.1 Å². The van der Waals surface area contributed by atoms with Crippen LogP contribution in [0.15, 0.2) is 36.4 Å². The minimum atomic E-state index is -0.433. The molecule has 2 nitrogen and oxygen atoms in total. The fraction of sp³-hybridized carbons (Fsp3) is 0.200. The van der Waals surface area contributed by atoms with Crippen molar-refractivity contribution in [3.63, 3.8) is 0 Å². The lowest BCUT2D eigenvalue weighted by atomic mass is 9.96. The second kappa shape index (κ2) is 6.31. The fourth-order valence-corrected chi connectivity index (χ4v) is 2.33. The Labute approximate surface area is 121 Å². The van der Waals surface area contributed by atoms with Crippen LogP contribution in [0, 0.1) is 18.6 Å². The van der Waals surface area contributed by atoms with Gasteiger partial charge >= 0.3 is 0 Å². The van der Waals surface area contributed by atoms with Crippen LogP contribution >= 0.6 is 11.6 Å². The number of nitrogens with one attached hydrogen (secondary N) is 1. The number of hydrogen-bond donors (Lipinski definition) is 2. The van der Waals surface area contributed by atoms with Crippen LogP contribution in [-0.2, 0) is 6.42 Å². The zero-order valence-electron chi connectivity index (χ0n) is 11.0. The molecule has 0 heterocycles. The molecular weight excluding hydrogens is 282 g/mol. The van der Waals surface area contributed by atoms with Crippen LogP contribution in [0.1, 0.15) is 22.7 Å². The summed E-state index contributed by atoms with van der Waals surface area (Å²) in [5.41, 5.74) is 4.67. The molecule has 2 aromatic carbocycles. The first-order valence-electron chi connectivity index (χ1n) is 6.17. The summed E-state index contributed by atoms with van der Waals surface area (Å²) in [7, 11) is 0. The smallest absolute Gasteiger partial charge is 0.128 e. The molecule has 0 amide bonds. The van der Waals surface area contributed by atoms with Gasteiger partial charge in [0.15, 0.2) is 0 Å². The van der Waals surface area contributed by atoms with E-state index in [1.165, 1.54) is 24.3 Å². The first-order valence-corrected chi connectivity index (χ1v) is 6.55. The van der Waals surface area contributed by atoms with Crippen molar-refractivity contribution in [1.29, 1.82) is 0 Å². The van der Waals surface area contributed by atoms with Gasteiger partial charge in [0.05, 0.1) is 6.04 Å². The molecule has 0 saturated heterocycles. The highest BCUT2D eigenvalue weighted by atomic mass is 35.5. The SMILES string of the molecule is Cc1cc(F)ccc1CC(NN)c1cc(Cl)ccc1F. The molecular formula is C15H15ClF2N2. The Bertz CT molecular complexity index is 617. The van der Waals surface area contributed by atoms with Crippen molar-refractivity contribution in [3.05, 3.63) is 69.7 Å². The average Bonchev–Trinajstić information content (AvgIpc) is 2.41. The quantitative estimate of drug-likeness (QED) is 0.667. The Balaban J connectivity index is 2.31. The lowest BCUT2D eigenvalue weighted by Crippen LogP contribution is -2.30. The molecule has 2 aromatic rings. The van der Waals surface area contributed by atoms with Crippen molar-refractivity contribution in [2.24, 2.45) is 5.84 Å². The predicted octanol–water partition coefficient (Wildman–Crippen LogP) is 3.67. The van der Waals surface area contributed by atoms with E-state index >= 15 is 0 Å². The molecule has 0 fully saturated rings. The fourth-order valence-electron chi connectivity index (χ4n) is 2.15. The van der Waals surface area contributed by atoms with Crippen LogP contribution in [0.25, 0.3) is 0 Å². The highest BCUT2D eigenvalue weighted by Crippen LogP contribution is 2.25. The van der Waals surface area contributed by atoms with Crippen molar-refractivity contribution in [1.82, 2.24) is 5.43 Å². The van der Waals surface area contributed by atoms with E-state index in [1.54, 1.807) is 19.1 Å². The minimum absolute atomic E-state index is 0.294. The van der Waals surface area contributed by atoms with E-state index in [9.17, 15) is 8.78 Å². The lowest BCUT2D eigenvalue weighted by Gasteiger charge is -2.18. The van der Waals surface area contributed by atoms with Gasteiger partial charge in [-0.25, -0.2) is 8.78 Å². The molecule has 106 valence electrons. The van der Waals surface area contributed by atoms with E-state index in [4.69, 9.17) is 17.4 Å². The Kier molecular flexibility index (Phi) is 4.70. The van der Waals surface area contributed by atoms with Gasteiger partial charge in [-0.05, 0) is 54.8 Å². The first-order chi connectivity index (χ1) is 9.51. The molecule has 0 saturated carbocycles. The van der Waals surface area contributed by atoms with Crippen LogP contribution in [-0.4, -0.2) is 0 Å². The largest absolute Gasteiger partial charge is 0.271 e. The van der Waals surface area contributed by atoms with Gasteiger partial charge in [0.25, 0.3) is 0 Å². The van der Waals surface area contributed by atoms with Gasteiger partial charge in [0, 0.05) is 10.6 Å². The van der Waals surface area contributed by atoms with E-state index in [0.29, 0.717) is 17.0 Å². The van der Waals surface area contributed by atoms with Crippen molar-refractivity contribution >= 4 is 11.6 Å². The summed E-state index contributed by atoms with van der Waals surface area (Å²) in [6.45, 7) is 1.81. The molecule has 3 N–H and O–H groups in total. The van der Waals surface area contributed by atoms with Crippen molar-refractivity contribution in [2.75, 3.05) is 0 Å².